The lowest BCUT2D eigenvalue weighted by molar-refractivity contribution is 0.661. The lowest BCUT2D eigenvalue weighted by Gasteiger charge is -2.31. The molecule has 0 N–H and O–H groups in total. The summed E-state index contributed by atoms with van der Waals surface area (Å²) in [5.41, 5.74) is 18.7. The van der Waals surface area contributed by atoms with Crippen LogP contribution in [-0.4, -0.2) is 0 Å². The molecule has 0 spiro atoms. The van der Waals surface area contributed by atoms with Gasteiger partial charge in [-0.15, -0.1) is 11.3 Å². The number of hydrogen-bond donors (Lipinski definition) is 0. The normalized spacial score (nSPS) is 12.5. The van der Waals surface area contributed by atoms with Crippen molar-refractivity contribution in [2.45, 2.75) is 19.3 Å². The lowest BCUT2D eigenvalue weighted by Crippen LogP contribution is -2.15. The van der Waals surface area contributed by atoms with Gasteiger partial charge in [0.15, 0.2) is 0 Å². The predicted molar refractivity (Wildman–Crippen MR) is 300 cm³/mol. The second-order valence-electron chi connectivity index (χ2n) is 19.0. The summed E-state index contributed by atoms with van der Waals surface area (Å²) in [5.74, 6) is 0. The molecule has 0 unspecified atom stereocenters. The Balaban J connectivity index is 1.05. The fraction of sp³-hybridized carbons (Fsp3) is 0.0448. The van der Waals surface area contributed by atoms with Gasteiger partial charge in [0.25, 0.3) is 0 Å². The quantitative estimate of drug-likeness (QED) is 0.142. The van der Waals surface area contributed by atoms with Crippen molar-refractivity contribution in [1.82, 2.24) is 0 Å². The fourth-order valence-electron chi connectivity index (χ4n) is 10.8. The smallest absolute Gasteiger partial charge is 0.0488 e. The molecule has 70 heavy (non-hydrogen) atoms. The Labute approximate surface area is 413 Å². The van der Waals surface area contributed by atoms with Crippen LogP contribution in [0.1, 0.15) is 25.0 Å². The van der Waals surface area contributed by atoms with Gasteiger partial charge in [-0.1, -0.05) is 172 Å². The molecule has 0 radical (unpaired) electrons. The molecule has 1 aliphatic carbocycles. The molecule has 0 aliphatic heterocycles. The zero-order chi connectivity index (χ0) is 46.8. The summed E-state index contributed by atoms with van der Waals surface area (Å²) in [6, 6.07) is 93.9. The maximum absolute atomic E-state index is 2.47. The predicted octanol–water partition coefficient (Wildman–Crippen LogP) is 19.5. The van der Waals surface area contributed by atoms with Crippen molar-refractivity contribution in [3.05, 3.63) is 266 Å². The van der Waals surface area contributed by atoms with Crippen molar-refractivity contribution in [2.24, 2.45) is 0 Å². The van der Waals surface area contributed by atoms with Gasteiger partial charge in [0, 0.05) is 59.7 Å². The van der Waals surface area contributed by atoms with Gasteiger partial charge in [-0.2, -0.15) is 0 Å². The molecule has 1 heterocycles. The maximum Gasteiger partial charge on any atom is 0.0488 e. The number of nitrogens with zero attached hydrogens (tertiary/aromatic N) is 2. The minimum absolute atomic E-state index is 0.190. The van der Waals surface area contributed by atoms with Gasteiger partial charge in [-0.05, 0) is 163 Å². The molecule has 13 rings (SSSR count). The summed E-state index contributed by atoms with van der Waals surface area (Å²) < 4.78 is 2.57. The molecule has 0 saturated heterocycles. The van der Waals surface area contributed by atoms with Crippen LogP contribution in [0.3, 0.4) is 0 Å². The van der Waals surface area contributed by atoms with E-state index in [2.05, 4.69) is 278 Å². The number of thiophene rings is 1. The molecule has 0 fully saturated rings. The van der Waals surface area contributed by atoms with E-state index in [4.69, 9.17) is 0 Å². The van der Waals surface area contributed by atoms with Crippen molar-refractivity contribution >= 4 is 76.4 Å². The molecule has 2 nitrogen and oxygen atoms in total. The van der Waals surface area contributed by atoms with Crippen LogP contribution < -0.4 is 9.80 Å². The first-order chi connectivity index (χ1) is 34.4. The number of benzene rings is 11. The Morgan fingerprint density at radius 1 is 0.286 bits per heavy atom. The van der Waals surface area contributed by atoms with Crippen molar-refractivity contribution in [2.75, 3.05) is 9.80 Å². The van der Waals surface area contributed by atoms with E-state index < -0.39 is 0 Å². The largest absolute Gasteiger partial charge is 0.310 e. The third-order valence-corrected chi connectivity index (χ3v) is 15.5. The Kier molecular flexibility index (Phi) is 10.1. The highest BCUT2D eigenvalue weighted by atomic mass is 32.1. The van der Waals surface area contributed by atoms with Gasteiger partial charge < -0.3 is 9.80 Å². The van der Waals surface area contributed by atoms with E-state index in [1.165, 1.54) is 81.0 Å². The Morgan fingerprint density at radius 3 is 1.50 bits per heavy atom. The molecule has 0 saturated carbocycles. The monoisotopic (exact) mass is 912 g/mol. The third kappa shape index (κ3) is 7.26. The average molecular weight is 913 g/mol. The van der Waals surface area contributed by atoms with E-state index in [-0.39, 0.29) is 5.41 Å². The van der Waals surface area contributed by atoms with Crippen LogP contribution in [0.2, 0.25) is 0 Å². The Hall–Kier alpha value is -8.50. The van der Waals surface area contributed by atoms with E-state index in [1.54, 1.807) is 0 Å². The number of para-hydroxylation sites is 1. The molecule has 11 aromatic carbocycles. The molecular formula is C67H48N2S. The number of anilines is 6. The van der Waals surface area contributed by atoms with Gasteiger partial charge in [0.1, 0.15) is 0 Å². The van der Waals surface area contributed by atoms with Gasteiger partial charge in [-0.3, -0.25) is 0 Å². The van der Waals surface area contributed by atoms with Crippen LogP contribution in [0, 0.1) is 0 Å². The van der Waals surface area contributed by atoms with E-state index in [0.717, 1.165) is 39.7 Å². The molecule has 0 atom stereocenters. The van der Waals surface area contributed by atoms with Crippen LogP contribution in [0.25, 0.3) is 75.5 Å². The highest BCUT2D eigenvalue weighted by Gasteiger charge is 2.36. The molecular weight excluding hydrogens is 865 g/mol. The Bertz CT molecular complexity index is 3910. The van der Waals surface area contributed by atoms with Gasteiger partial charge >= 0.3 is 0 Å². The summed E-state index contributed by atoms with van der Waals surface area (Å²) in [4.78, 5) is 4.88. The van der Waals surface area contributed by atoms with Gasteiger partial charge in [-0.25, -0.2) is 0 Å². The molecule has 0 bridgehead atoms. The number of rotatable bonds is 9. The fourth-order valence-corrected chi connectivity index (χ4v) is 11.9. The molecule has 1 aromatic heterocycles. The minimum atomic E-state index is -0.190. The summed E-state index contributed by atoms with van der Waals surface area (Å²) >= 11 is 1.85. The van der Waals surface area contributed by atoms with Crippen molar-refractivity contribution in [3.63, 3.8) is 0 Å². The molecule has 0 amide bonds. The zero-order valence-electron chi connectivity index (χ0n) is 39.1. The van der Waals surface area contributed by atoms with Gasteiger partial charge in [0.05, 0.1) is 0 Å². The topological polar surface area (TPSA) is 6.48 Å². The number of hydrogen-bond acceptors (Lipinski definition) is 3. The first kappa shape index (κ1) is 41.7. The first-order valence-corrected chi connectivity index (χ1v) is 25.0. The summed E-state index contributed by atoms with van der Waals surface area (Å²) in [5, 5.41) is 5.09. The lowest BCUT2D eigenvalue weighted by atomic mass is 9.81. The highest BCUT2D eigenvalue weighted by Crippen LogP contribution is 2.52. The summed E-state index contributed by atoms with van der Waals surface area (Å²) in [6.45, 7) is 4.78. The molecule has 1 aliphatic rings. The van der Waals surface area contributed by atoms with Crippen LogP contribution in [0.4, 0.5) is 34.1 Å². The number of fused-ring (bicyclic) bond motifs is 7. The van der Waals surface area contributed by atoms with Crippen molar-refractivity contribution in [1.29, 1.82) is 0 Å². The highest BCUT2D eigenvalue weighted by molar-refractivity contribution is 7.25. The van der Waals surface area contributed by atoms with Crippen LogP contribution in [0.5, 0.6) is 0 Å². The van der Waals surface area contributed by atoms with E-state index in [0.29, 0.717) is 0 Å². The molecule has 332 valence electrons. The SMILES string of the molecule is CC1(C)c2cc(-c3cc(N(c4ccccc4)c4cccc(-c5ccccc5)c4)cc(N(c4ccc(-c5ccccc5)cc4)c4ccc5sc6ccccc6c5c4)c3)ccc2-c2cc3ccccc3cc21. The van der Waals surface area contributed by atoms with Crippen LogP contribution >= 0.6 is 11.3 Å². The average Bonchev–Trinajstić information content (AvgIpc) is 3.89. The second kappa shape index (κ2) is 16.9. The minimum Gasteiger partial charge on any atom is -0.310 e. The Morgan fingerprint density at radius 2 is 0.771 bits per heavy atom. The van der Waals surface area contributed by atoms with E-state index >= 15 is 0 Å². The maximum atomic E-state index is 2.47. The molecule has 3 heteroatoms. The second-order valence-corrected chi connectivity index (χ2v) is 20.1. The zero-order valence-corrected chi connectivity index (χ0v) is 39.9. The third-order valence-electron chi connectivity index (χ3n) is 14.4. The van der Waals surface area contributed by atoms with Crippen LogP contribution in [0.15, 0.2) is 255 Å². The summed E-state index contributed by atoms with van der Waals surface area (Å²) in [6.07, 6.45) is 0. The van der Waals surface area contributed by atoms with Crippen LogP contribution in [-0.2, 0) is 5.41 Å². The summed E-state index contributed by atoms with van der Waals surface area (Å²) in [7, 11) is 0. The van der Waals surface area contributed by atoms with Crippen molar-refractivity contribution in [3.8, 4) is 44.5 Å². The van der Waals surface area contributed by atoms with E-state index in [9.17, 15) is 0 Å². The first-order valence-electron chi connectivity index (χ1n) is 24.1. The van der Waals surface area contributed by atoms with E-state index in [1.807, 2.05) is 11.3 Å². The van der Waals surface area contributed by atoms with Crippen molar-refractivity contribution < 1.29 is 0 Å². The standard InChI is InChI=1S/C67H48N2S/c1-67(2)63-42-51(31-35-59(63)61-40-49-21-12-13-22-50(49)41-64(61)67)52-38-57(68(53-24-10-5-11-25-53)55-26-16-23-48(37-55)46-19-8-4-9-20-46)43-58(39-52)69(54-32-29-47(30-33-54)45-17-6-3-7-18-45)56-34-36-66-62(44-56)60-27-14-15-28-65(60)70-66/h3-44H,1-2H3. The molecule has 12 aromatic rings. The van der Waals surface area contributed by atoms with Gasteiger partial charge in [0.2, 0.25) is 0 Å².